The number of carbonyl (C=O) groups excluding carboxylic acids is 3. The van der Waals surface area contributed by atoms with Crippen LogP contribution < -0.4 is 5.32 Å². The molecule has 0 spiro atoms. The van der Waals surface area contributed by atoms with Crippen molar-refractivity contribution in [2.24, 2.45) is 0 Å². The summed E-state index contributed by atoms with van der Waals surface area (Å²) < 4.78 is 0. The molecule has 6 nitrogen and oxygen atoms in total. The van der Waals surface area contributed by atoms with Gasteiger partial charge in [0.2, 0.25) is 17.7 Å². The molecule has 0 radical (unpaired) electrons. The van der Waals surface area contributed by atoms with Crippen LogP contribution in [0.2, 0.25) is 0 Å². The predicted octanol–water partition coefficient (Wildman–Crippen LogP) is 0.649. The van der Waals surface area contributed by atoms with E-state index in [1.165, 1.54) is 0 Å². The van der Waals surface area contributed by atoms with E-state index >= 15 is 0 Å². The summed E-state index contributed by atoms with van der Waals surface area (Å²) >= 11 is 0. The number of piperazine rings is 1. The fourth-order valence-corrected chi connectivity index (χ4v) is 3.00. The van der Waals surface area contributed by atoms with E-state index in [0.717, 1.165) is 5.56 Å². The second-order valence-electron chi connectivity index (χ2n) is 6.05. The molecule has 1 atom stereocenters. The number of carbonyl (C=O) groups is 3. The molecule has 2 fully saturated rings. The largest absolute Gasteiger partial charge is 0.344 e. The van der Waals surface area contributed by atoms with Gasteiger partial charge in [-0.3, -0.25) is 14.4 Å². The number of nitrogens with zero attached hydrogens (tertiary/aromatic N) is 2. The highest BCUT2D eigenvalue weighted by Gasteiger charge is 2.32. The molecule has 24 heavy (non-hydrogen) atoms. The Hall–Kier alpha value is -2.63. The summed E-state index contributed by atoms with van der Waals surface area (Å²) in [6, 6.07) is 9.28. The molecule has 2 aliphatic rings. The van der Waals surface area contributed by atoms with Crippen LogP contribution in [-0.4, -0.2) is 59.7 Å². The Kier molecular flexibility index (Phi) is 4.93. The highest BCUT2D eigenvalue weighted by molar-refractivity contribution is 5.93. The molecule has 3 rings (SSSR count). The van der Waals surface area contributed by atoms with Gasteiger partial charge in [0, 0.05) is 38.7 Å². The van der Waals surface area contributed by atoms with Crippen molar-refractivity contribution in [2.45, 2.75) is 18.9 Å². The van der Waals surface area contributed by atoms with Gasteiger partial charge < -0.3 is 15.1 Å². The number of amides is 3. The summed E-state index contributed by atoms with van der Waals surface area (Å²) in [6.45, 7) is 2.06. The molecule has 1 unspecified atom stereocenters. The van der Waals surface area contributed by atoms with Crippen molar-refractivity contribution < 1.29 is 14.4 Å². The monoisotopic (exact) mass is 327 g/mol. The molecule has 2 saturated heterocycles. The molecule has 2 heterocycles. The molecular weight excluding hydrogens is 306 g/mol. The van der Waals surface area contributed by atoms with Gasteiger partial charge in [0.15, 0.2) is 0 Å². The predicted molar refractivity (Wildman–Crippen MR) is 89.8 cm³/mol. The molecule has 126 valence electrons. The molecule has 1 aromatic rings. The lowest BCUT2D eigenvalue weighted by atomic mass is 10.1. The first-order valence-corrected chi connectivity index (χ1v) is 8.24. The van der Waals surface area contributed by atoms with Gasteiger partial charge in [-0.15, -0.1) is 0 Å². The highest BCUT2D eigenvalue weighted by atomic mass is 16.2. The van der Waals surface area contributed by atoms with Crippen molar-refractivity contribution >= 4 is 23.8 Å². The van der Waals surface area contributed by atoms with Crippen LogP contribution in [-0.2, 0) is 14.4 Å². The fraction of sp³-hybridized carbons (Fsp3) is 0.389. The molecular formula is C18H21N3O3. The first kappa shape index (κ1) is 16.2. The van der Waals surface area contributed by atoms with Crippen LogP contribution in [0.4, 0.5) is 0 Å². The lowest BCUT2D eigenvalue weighted by molar-refractivity contribution is -0.139. The van der Waals surface area contributed by atoms with Crippen LogP contribution >= 0.6 is 0 Å². The van der Waals surface area contributed by atoms with Gasteiger partial charge in [0.25, 0.3) is 0 Å². The number of nitrogens with one attached hydrogen (secondary N) is 1. The number of hydrogen-bond donors (Lipinski definition) is 1. The third kappa shape index (κ3) is 3.82. The topological polar surface area (TPSA) is 69.7 Å². The van der Waals surface area contributed by atoms with E-state index in [1.54, 1.807) is 22.0 Å². The summed E-state index contributed by atoms with van der Waals surface area (Å²) in [4.78, 5) is 39.3. The first-order valence-electron chi connectivity index (χ1n) is 8.24. The van der Waals surface area contributed by atoms with Gasteiger partial charge in [0.1, 0.15) is 6.04 Å². The second-order valence-corrected chi connectivity index (χ2v) is 6.05. The van der Waals surface area contributed by atoms with Gasteiger partial charge >= 0.3 is 0 Å². The lowest BCUT2D eigenvalue weighted by Gasteiger charge is -2.35. The van der Waals surface area contributed by atoms with E-state index in [1.807, 2.05) is 30.3 Å². The van der Waals surface area contributed by atoms with Gasteiger partial charge in [-0.25, -0.2) is 0 Å². The summed E-state index contributed by atoms with van der Waals surface area (Å²) in [5.74, 6) is -0.138. The summed E-state index contributed by atoms with van der Waals surface area (Å²) in [6.07, 6.45) is 4.35. The normalized spacial score (nSPS) is 21.2. The molecule has 6 heteroatoms. The van der Waals surface area contributed by atoms with E-state index < -0.39 is 6.04 Å². The molecule has 0 aliphatic carbocycles. The zero-order valence-electron chi connectivity index (χ0n) is 13.5. The third-order valence-electron chi connectivity index (χ3n) is 4.41. The smallest absolute Gasteiger partial charge is 0.246 e. The quantitative estimate of drug-likeness (QED) is 0.829. The minimum Gasteiger partial charge on any atom is -0.344 e. The van der Waals surface area contributed by atoms with E-state index in [0.29, 0.717) is 39.0 Å². The number of rotatable bonds is 3. The maximum atomic E-state index is 12.3. The van der Waals surface area contributed by atoms with Crippen LogP contribution in [0, 0.1) is 0 Å². The van der Waals surface area contributed by atoms with E-state index in [4.69, 9.17) is 0 Å². The third-order valence-corrected chi connectivity index (χ3v) is 4.41. The Morgan fingerprint density at radius 3 is 2.33 bits per heavy atom. The van der Waals surface area contributed by atoms with Crippen LogP contribution in [0.3, 0.4) is 0 Å². The highest BCUT2D eigenvalue weighted by Crippen LogP contribution is 2.12. The molecule has 1 aromatic carbocycles. The van der Waals surface area contributed by atoms with Crippen molar-refractivity contribution in [2.75, 3.05) is 26.2 Å². The fourth-order valence-electron chi connectivity index (χ4n) is 3.00. The molecule has 2 aliphatic heterocycles. The Balaban J connectivity index is 1.49. The number of benzene rings is 1. The Morgan fingerprint density at radius 1 is 1.04 bits per heavy atom. The average molecular weight is 327 g/mol. The molecule has 0 aromatic heterocycles. The minimum atomic E-state index is -0.391. The van der Waals surface area contributed by atoms with Crippen molar-refractivity contribution in [1.29, 1.82) is 0 Å². The van der Waals surface area contributed by atoms with Crippen molar-refractivity contribution in [3.63, 3.8) is 0 Å². The molecule has 0 bridgehead atoms. The van der Waals surface area contributed by atoms with Crippen LogP contribution in [0.15, 0.2) is 36.4 Å². The SMILES string of the molecule is O=C1CCC(C(=O)N2CCN(C(=O)C=Cc3ccccc3)CC2)N1. The molecule has 3 amide bonds. The maximum absolute atomic E-state index is 12.3. The van der Waals surface area contributed by atoms with Gasteiger partial charge in [0.05, 0.1) is 0 Å². The van der Waals surface area contributed by atoms with Crippen LogP contribution in [0.5, 0.6) is 0 Å². The van der Waals surface area contributed by atoms with E-state index in [2.05, 4.69) is 5.32 Å². The van der Waals surface area contributed by atoms with Crippen LogP contribution in [0.1, 0.15) is 18.4 Å². The van der Waals surface area contributed by atoms with Crippen molar-refractivity contribution in [3.8, 4) is 0 Å². The van der Waals surface area contributed by atoms with E-state index in [-0.39, 0.29) is 17.7 Å². The van der Waals surface area contributed by atoms with Crippen molar-refractivity contribution in [3.05, 3.63) is 42.0 Å². The lowest BCUT2D eigenvalue weighted by Crippen LogP contribution is -2.54. The van der Waals surface area contributed by atoms with E-state index in [9.17, 15) is 14.4 Å². The maximum Gasteiger partial charge on any atom is 0.246 e. The molecule has 1 N–H and O–H groups in total. The van der Waals surface area contributed by atoms with Gasteiger partial charge in [-0.1, -0.05) is 30.3 Å². The summed E-state index contributed by atoms with van der Waals surface area (Å²) in [5.41, 5.74) is 0.983. The summed E-state index contributed by atoms with van der Waals surface area (Å²) in [7, 11) is 0. The second kappa shape index (κ2) is 7.29. The Bertz CT molecular complexity index is 649. The first-order chi connectivity index (χ1) is 11.6. The Morgan fingerprint density at radius 2 is 1.71 bits per heavy atom. The minimum absolute atomic E-state index is 0.0345. The Labute approximate surface area is 141 Å². The van der Waals surface area contributed by atoms with Crippen molar-refractivity contribution in [1.82, 2.24) is 15.1 Å². The van der Waals surface area contributed by atoms with Gasteiger partial charge in [-0.2, -0.15) is 0 Å². The molecule has 0 saturated carbocycles. The zero-order chi connectivity index (χ0) is 16.9. The zero-order valence-corrected chi connectivity index (χ0v) is 13.5. The van der Waals surface area contributed by atoms with Gasteiger partial charge in [-0.05, 0) is 18.1 Å². The standard InChI is InChI=1S/C18H21N3O3/c22-16-8-7-15(19-16)18(24)21-12-10-20(11-13-21)17(23)9-6-14-4-2-1-3-5-14/h1-6,9,15H,7-8,10-13H2,(H,19,22). The van der Waals surface area contributed by atoms with Crippen LogP contribution in [0.25, 0.3) is 6.08 Å². The average Bonchev–Trinajstić information content (AvgIpc) is 3.06. The summed E-state index contributed by atoms with van der Waals surface area (Å²) in [5, 5.41) is 2.70. The number of hydrogen-bond acceptors (Lipinski definition) is 3.